The largest absolute Gasteiger partial charge is 0.416 e. The quantitative estimate of drug-likeness (QED) is 0.573. The highest BCUT2D eigenvalue weighted by atomic mass is 19.4. The molecule has 6 nitrogen and oxygen atoms in total. The van der Waals surface area contributed by atoms with Crippen LogP contribution in [-0.4, -0.2) is 15.0 Å². The lowest BCUT2D eigenvalue weighted by molar-refractivity contribution is -0.137. The van der Waals surface area contributed by atoms with E-state index in [0.29, 0.717) is 22.6 Å². The van der Waals surface area contributed by atoms with Gasteiger partial charge in [-0.05, 0) is 51.0 Å². The van der Waals surface area contributed by atoms with Crippen LogP contribution in [0.2, 0.25) is 0 Å². The number of aromatic nitrogens is 2. The van der Waals surface area contributed by atoms with E-state index in [1.54, 1.807) is 27.7 Å². The molecule has 0 bridgehead atoms. The molecule has 0 aliphatic rings. The molecule has 0 aliphatic carbocycles. The Kier molecular flexibility index (Phi) is 6.06. The molecule has 2 rings (SSSR count). The minimum Gasteiger partial charge on any atom is -0.311 e. The standard InChI is InChI=1S/C19H22F3N5O/c1-6-27(26-23-11-15-10-17(28)25-13(3)24-15)18(4,5)16-8-7-14(9-12(16)2)19(20,21)22/h6-10H,1,11H2,2-5H3,(H,24,25,28)/b26-23-. The van der Waals surface area contributed by atoms with E-state index in [2.05, 4.69) is 26.9 Å². The lowest BCUT2D eigenvalue weighted by Crippen LogP contribution is -2.34. The summed E-state index contributed by atoms with van der Waals surface area (Å²) in [6.07, 6.45) is -2.96. The van der Waals surface area contributed by atoms with Crippen molar-refractivity contribution in [1.29, 1.82) is 0 Å². The number of nitrogens with zero attached hydrogens (tertiary/aromatic N) is 4. The summed E-state index contributed by atoms with van der Waals surface area (Å²) < 4.78 is 38.7. The zero-order valence-corrected chi connectivity index (χ0v) is 16.1. The van der Waals surface area contributed by atoms with Crippen LogP contribution in [0.3, 0.4) is 0 Å². The number of nitrogens with one attached hydrogen (secondary N) is 1. The summed E-state index contributed by atoms with van der Waals surface area (Å²) >= 11 is 0. The van der Waals surface area contributed by atoms with Gasteiger partial charge >= 0.3 is 6.18 Å². The molecule has 0 aliphatic heterocycles. The van der Waals surface area contributed by atoms with Gasteiger partial charge in [-0.1, -0.05) is 17.9 Å². The Hall–Kier alpha value is -2.97. The summed E-state index contributed by atoms with van der Waals surface area (Å²) in [6.45, 7) is 10.7. The van der Waals surface area contributed by atoms with E-state index < -0.39 is 17.3 Å². The maximum absolute atomic E-state index is 12.9. The lowest BCUT2D eigenvalue weighted by atomic mass is 9.89. The molecule has 0 spiro atoms. The highest BCUT2D eigenvalue weighted by Gasteiger charge is 2.33. The third-order valence-corrected chi connectivity index (χ3v) is 4.26. The van der Waals surface area contributed by atoms with E-state index in [4.69, 9.17) is 0 Å². The molecule has 9 heteroatoms. The number of H-pyrrole nitrogens is 1. The number of hydrogen-bond donors (Lipinski definition) is 1. The second-order valence-electron chi connectivity index (χ2n) is 6.82. The molecule has 0 fully saturated rings. The molecule has 1 heterocycles. The van der Waals surface area contributed by atoms with Crippen molar-refractivity contribution in [2.75, 3.05) is 0 Å². The minimum atomic E-state index is -4.40. The molecule has 0 radical (unpaired) electrons. The van der Waals surface area contributed by atoms with Gasteiger partial charge in [0.15, 0.2) is 0 Å². The minimum absolute atomic E-state index is 0.0805. The van der Waals surface area contributed by atoms with E-state index in [9.17, 15) is 18.0 Å². The van der Waals surface area contributed by atoms with E-state index in [1.807, 2.05) is 0 Å². The summed E-state index contributed by atoms with van der Waals surface area (Å²) in [7, 11) is 0. The highest BCUT2D eigenvalue weighted by molar-refractivity contribution is 5.37. The van der Waals surface area contributed by atoms with Crippen LogP contribution >= 0.6 is 0 Å². The van der Waals surface area contributed by atoms with Gasteiger partial charge in [0.2, 0.25) is 0 Å². The first-order chi connectivity index (χ1) is 12.9. The van der Waals surface area contributed by atoms with Gasteiger partial charge in [-0.25, -0.2) is 9.99 Å². The number of benzene rings is 1. The molecule has 0 saturated heterocycles. The molecule has 0 unspecified atom stereocenters. The SMILES string of the molecule is C=CN(/N=N\Cc1cc(=O)[nH]c(C)n1)C(C)(C)c1ccc(C(F)(F)F)cc1C. The molecular formula is C19H22F3N5O. The molecule has 0 amide bonds. The molecular weight excluding hydrogens is 371 g/mol. The van der Waals surface area contributed by atoms with Crippen molar-refractivity contribution in [3.05, 3.63) is 75.6 Å². The Bertz CT molecular complexity index is 947. The third-order valence-electron chi connectivity index (χ3n) is 4.26. The first-order valence-electron chi connectivity index (χ1n) is 8.49. The average Bonchev–Trinajstić information content (AvgIpc) is 2.56. The molecule has 1 aromatic heterocycles. The number of hydrogen-bond acceptors (Lipinski definition) is 4. The van der Waals surface area contributed by atoms with Crippen molar-refractivity contribution < 1.29 is 13.2 Å². The Morgan fingerprint density at radius 3 is 2.46 bits per heavy atom. The number of alkyl halides is 3. The lowest BCUT2D eigenvalue weighted by Gasteiger charge is -2.34. The van der Waals surface area contributed by atoms with Gasteiger partial charge in [0.1, 0.15) is 12.4 Å². The Balaban J connectivity index is 2.26. The summed E-state index contributed by atoms with van der Waals surface area (Å²) in [4.78, 5) is 18.2. The van der Waals surface area contributed by atoms with Gasteiger partial charge in [0.05, 0.1) is 16.8 Å². The van der Waals surface area contributed by atoms with Gasteiger partial charge in [0, 0.05) is 12.3 Å². The summed E-state index contributed by atoms with van der Waals surface area (Å²) in [5.41, 5.74) is -0.182. The van der Waals surface area contributed by atoms with Crippen LogP contribution in [0.25, 0.3) is 0 Å². The van der Waals surface area contributed by atoms with Crippen molar-refractivity contribution in [2.45, 2.75) is 46.0 Å². The Morgan fingerprint density at radius 1 is 1.25 bits per heavy atom. The molecule has 2 aromatic rings. The van der Waals surface area contributed by atoms with E-state index in [-0.39, 0.29) is 12.1 Å². The van der Waals surface area contributed by atoms with Crippen molar-refractivity contribution in [3.63, 3.8) is 0 Å². The van der Waals surface area contributed by atoms with Gasteiger partial charge in [-0.3, -0.25) is 4.79 Å². The van der Waals surface area contributed by atoms with Gasteiger partial charge in [-0.2, -0.15) is 18.3 Å². The van der Waals surface area contributed by atoms with E-state index in [1.165, 1.54) is 23.3 Å². The fourth-order valence-electron chi connectivity index (χ4n) is 2.92. The molecule has 150 valence electrons. The Labute approximate surface area is 160 Å². The molecule has 28 heavy (non-hydrogen) atoms. The predicted octanol–water partition coefficient (Wildman–Crippen LogP) is 4.65. The van der Waals surface area contributed by atoms with Crippen LogP contribution in [0, 0.1) is 13.8 Å². The van der Waals surface area contributed by atoms with Crippen molar-refractivity contribution in [1.82, 2.24) is 15.0 Å². The fraction of sp³-hybridized carbons (Fsp3) is 0.368. The molecule has 1 N–H and O–H groups in total. The van der Waals surface area contributed by atoms with Crippen LogP contribution < -0.4 is 5.56 Å². The molecule has 1 aromatic carbocycles. The van der Waals surface area contributed by atoms with Gasteiger partial charge in [-0.15, -0.1) is 0 Å². The maximum Gasteiger partial charge on any atom is 0.416 e. The van der Waals surface area contributed by atoms with Crippen LogP contribution in [-0.2, 0) is 18.3 Å². The van der Waals surface area contributed by atoms with Crippen LogP contribution in [0.5, 0.6) is 0 Å². The van der Waals surface area contributed by atoms with Crippen LogP contribution in [0.15, 0.2) is 52.2 Å². The zero-order chi connectivity index (χ0) is 21.1. The van der Waals surface area contributed by atoms with E-state index >= 15 is 0 Å². The van der Waals surface area contributed by atoms with Crippen molar-refractivity contribution in [3.8, 4) is 0 Å². The summed E-state index contributed by atoms with van der Waals surface area (Å²) in [6, 6.07) is 4.92. The third kappa shape index (κ3) is 4.85. The van der Waals surface area contributed by atoms with Gasteiger partial charge < -0.3 is 4.98 Å². The molecule has 0 atom stereocenters. The fourth-order valence-corrected chi connectivity index (χ4v) is 2.92. The smallest absolute Gasteiger partial charge is 0.311 e. The monoisotopic (exact) mass is 393 g/mol. The zero-order valence-electron chi connectivity index (χ0n) is 16.1. The normalized spacial score (nSPS) is 12.4. The van der Waals surface area contributed by atoms with Crippen LogP contribution in [0.4, 0.5) is 13.2 Å². The predicted molar refractivity (Wildman–Crippen MR) is 99.4 cm³/mol. The Morgan fingerprint density at radius 2 is 1.93 bits per heavy atom. The second kappa shape index (κ2) is 7.95. The first kappa shape index (κ1) is 21.3. The van der Waals surface area contributed by atoms with E-state index in [0.717, 1.165) is 12.1 Å². The number of halogens is 3. The second-order valence-corrected chi connectivity index (χ2v) is 6.82. The molecule has 0 saturated carbocycles. The van der Waals surface area contributed by atoms with Crippen molar-refractivity contribution >= 4 is 0 Å². The highest BCUT2D eigenvalue weighted by Crippen LogP contribution is 2.35. The number of rotatable bonds is 6. The maximum atomic E-state index is 12.9. The van der Waals surface area contributed by atoms with Gasteiger partial charge in [0.25, 0.3) is 5.56 Å². The summed E-state index contributed by atoms with van der Waals surface area (Å²) in [5, 5.41) is 9.64. The topological polar surface area (TPSA) is 73.7 Å². The average molecular weight is 393 g/mol. The number of aryl methyl sites for hydroxylation is 2. The summed E-state index contributed by atoms with van der Waals surface area (Å²) in [5.74, 6) is 0.471. The number of aromatic amines is 1. The first-order valence-corrected chi connectivity index (χ1v) is 8.49. The van der Waals surface area contributed by atoms with Crippen molar-refractivity contribution in [2.24, 2.45) is 10.3 Å². The van der Waals surface area contributed by atoms with Crippen LogP contribution in [0.1, 0.15) is 42.1 Å².